The second-order valence-electron chi connectivity index (χ2n) is 6.00. The van der Waals surface area contributed by atoms with E-state index in [0.717, 1.165) is 18.4 Å². The van der Waals surface area contributed by atoms with Gasteiger partial charge in [-0.1, -0.05) is 32.4 Å². The lowest BCUT2D eigenvalue weighted by Crippen LogP contribution is -2.10. The van der Waals surface area contributed by atoms with Crippen LogP contribution >= 0.6 is 0 Å². The molecule has 0 spiro atoms. The highest BCUT2D eigenvalue weighted by molar-refractivity contribution is 5.98. The number of ketones is 1. The highest BCUT2D eigenvalue weighted by atomic mass is 16.1. The zero-order valence-electron chi connectivity index (χ0n) is 13.4. The molecule has 2 heteroatoms. The van der Waals surface area contributed by atoms with Crippen molar-refractivity contribution < 1.29 is 4.79 Å². The fourth-order valence-corrected chi connectivity index (χ4v) is 3.12. The number of Topliss-reactive ketones (excluding diaryl/α,β-unsaturated/α-hetero) is 1. The van der Waals surface area contributed by atoms with Crippen molar-refractivity contribution in [3.8, 4) is 0 Å². The number of nitrogens with two attached hydrogens (primary N) is 1. The molecule has 2 rings (SSSR count). The molecule has 0 fully saturated rings. The van der Waals surface area contributed by atoms with Gasteiger partial charge in [0.15, 0.2) is 5.78 Å². The Morgan fingerprint density at radius 1 is 1.24 bits per heavy atom. The smallest absolute Gasteiger partial charge is 0.178 e. The van der Waals surface area contributed by atoms with E-state index in [-0.39, 0.29) is 5.78 Å². The Morgan fingerprint density at radius 2 is 2.00 bits per heavy atom. The van der Waals surface area contributed by atoms with Crippen molar-refractivity contribution in [2.45, 2.75) is 65.2 Å². The first kappa shape index (κ1) is 15.8. The number of unbranched alkanes of at least 4 members (excludes halogenated alkanes) is 1. The molecule has 21 heavy (non-hydrogen) atoms. The molecule has 0 aromatic heterocycles. The summed E-state index contributed by atoms with van der Waals surface area (Å²) in [7, 11) is 0. The predicted octanol–water partition coefficient (Wildman–Crippen LogP) is 4.19. The van der Waals surface area contributed by atoms with E-state index in [0.29, 0.717) is 12.1 Å². The van der Waals surface area contributed by atoms with E-state index in [1.807, 2.05) is 13.0 Å². The number of fused-ring (bicyclic) bond motifs is 1. The monoisotopic (exact) mass is 285 g/mol. The zero-order chi connectivity index (χ0) is 15.2. The van der Waals surface area contributed by atoms with Gasteiger partial charge in [0.2, 0.25) is 0 Å². The summed E-state index contributed by atoms with van der Waals surface area (Å²) in [5, 5.41) is 0. The van der Waals surface area contributed by atoms with Crippen LogP contribution in [0.2, 0.25) is 0 Å². The number of carbonyl (C=O) groups excluding carboxylic acids is 1. The van der Waals surface area contributed by atoms with Crippen molar-refractivity contribution in [2.24, 2.45) is 5.73 Å². The standard InChI is InChI=1S/C19H27NO/c1-3-5-8-15-11-14(13-18(20)19(21)4-2)12-16-9-6-7-10-17(15)16/h11-13H,3-10,20H2,1-2H3/b18-13+. The number of hydrogen-bond acceptors (Lipinski definition) is 2. The summed E-state index contributed by atoms with van der Waals surface area (Å²) in [4.78, 5) is 11.7. The molecule has 0 atom stereocenters. The molecule has 114 valence electrons. The minimum Gasteiger partial charge on any atom is -0.396 e. The van der Waals surface area contributed by atoms with Gasteiger partial charge in [0.25, 0.3) is 0 Å². The Kier molecular flexibility index (Phi) is 5.60. The molecule has 0 heterocycles. The SMILES string of the molecule is CCCCc1cc(/C=C(/N)C(=O)CC)cc2c1CCCC2. The molecule has 0 unspecified atom stereocenters. The number of benzene rings is 1. The summed E-state index contributed by atoms with van der Waals surface area (Å²) in [5.41, 5.74) is 11.9. The third-order valence-corrected chi connectivity index (χ3v) is 4.34. The Balaban J connectivity index is 2.36. The fraction of sp³-hybridized carbons (Fsp3) is 0.526. The van der Waals surface area contributed by atoms with Crippen LogP contribution in [0, 0.1) is 0 Å². The first-order valence-electron chi connectivity index (χ1n) is 8.30. The quantitative estimate of drug-likeness (QED) is 0.796. The van der Waals surface area contributed by atoms with E-state index >= 15 is 0 Å². The third kappa shape index (κ3) is 3.96. The molecule has 1 aromatic rings. The lowest BCUT2D eigenvalue weighted by molar-refractivity contribution is -0.115. The molecule has 1 aliphatic rings. The average Bonchev–Trinajstić information content (AvgIpc) is 2.51. The fourth-order valence-electron chi connectivity index (χ4n) is 3.12. The first-order valence-corrected chi connectivity index (χ1v) is 8.30. The van der Waals surface area contributed by atoms with Crippen LogP contribution < -0.4 is 5.73 Å². The van der Waals surface area contributed by atoms with E-state index in [4.69, 9.17) is 5.73 Å². The van der Waals surface area contributed by atoms with Gasteiger partial charge in [-0.3, -0.25) is 4.79 Å². The van der Waals surface area contributed by atoms with Crippen molar-refractivity contribution in [2.75, 3.05) is 0 Å². The maximum Gasteiger partial charge on any atom is 0.178 e. The van der Waals surface area contributed by atoms with Crippen LogP contribution in [0.15, 0.2) is 17.8 Å². The normalized spacial score (nSPS) is 14.9. The van der Waals surface area contributed by atoms with Crippen molar-refractivity contribution in [3.05, 3.63) is 40.1 Å². The first-order chi connectivity index (χ1) is 10.2. The summed E-state index contributed by atoms with van der Waals surface area (Å²) < 4.78 is 0. The van der Waals surface area contributed by atoms with Crippen molar-refractivity contribution in [3.63, 3.8) is 0 Å². The Labute approximate surface area is 128 Å². The van der Waals surface area contributed by atoms with Crippen molar-refractivity contribution in [1.82, 2.24) is 0 Å². The van der Waals surface area contributed by atoms with E-state index in [9.17, 15) is 4.79 Å². The zero-order valence-corrected chi connectivity index (χ0v) is 13.4. The van der Waals surface area contributed by atoms with Gasteiger partial charge in [0.05, 0.1) is 5.70 Å². The summed E-state index contributed by atoms with van der Waals surface area (Å²) in [6, 6.07) is 4.48. The Hall–Kier alpha value is -1.57. The predicted molar refractivity (Wildman–Crippen MR) is 89.2 cm³/mol. The van der Waals surface area contributed by atoms with Crippen LogP contribution in [0.1, 0.15) is 68.2 Å². The minimum atomic E-state index is 0.0304. The van der Waals surface area contributed by atoms with Crippen molar-refractivity contribution in [1.29, 1.82) is 0 Å². The van der Waals surface area contributed by atoms with Gasteiger partial charge in [-0.05, 0) is 66.9 Å². The molecular formula is C19H27NO. The maximum absolute atomic E-state index is 11.7. The van der Waals surface area contributed by atoms with Crippen LogP contribution in [0.25, 0.3) is 6.08 Å². The molecule has 2 nitrogen and oxygen atoms in total. The van der Waals surface area contributed by atoms with Crippen LogP contribution in [-0.4, -0.2) is 5.78 Å². The summed E-state index contributed by atoms with van der Waals surface area (Å²) in [6.45, 7) is 4.08. The van der Waals surface area contributed by atoms with Gasteiger partial charge >= 0.3 is 0 Å². The molecule has 0 radical (unpaired) electrons. The molecule has 0 saturated heterocycles. The van der Waals surface area contributed by atoms with Gasteiger partial charge in [-0.15, -0.1) is 0 Å². The second kappa shape index (κ2) is 7.44. The molecular weight excluding hydrogens is 258 g/mol. The third-order valence-electron chi connectivity index (χ3n) is 4.34. The molecule has 0 aliphatic heterocycles. The molecule has 1 aliphatic carbocycles. The minimum absolute atomic E-state index is 0.0304. The molecule has 0 bridgehead atoms. The lowest BCUT2D eigenvalue weighted by Gasteiger charge is -2.20. The molecule has 2 N–H and O–H groups in total. The van der Waals surface area contributed by atoms with Crippen LogP contribution in [0.5, 0.6) is 0 Å². The average molecular weight is 285 g/mol. The molecule has 0 amide bonds. The van der Waals surface area contributed by atoms with Crippen LogP contribution in [0.4, 0.5) is 0 Å². The highest BCUT2D eigenvalue weighted by Gasteiger charge is 2.14. The Bertz CT molecular complexity index is 543. The van der Waals surface area contributed by atoms with Gasteiger partial charge in [0, 0.05) is 6.42 Å². The summed E-state index contributed by atoms with van der Waals surface area (Å²) in [6.07, 6.45) is 10.9. The molecule has 1 aromatic carbocycles. The van der Waals surface area contributed by atoms with Gasteiger partial charge in [-0.2, -0.15) is 0 Å². The van der Waals surface area contributed by atoms with E-state index in [2.05, 4.69) is 19.1 Å². The van der Waals surface area contributed by atoms with E-state index in [1.54, 1.807) is 5.56 Å². The summed E-state index contributed by atoms with van der Waals surface area (Å²) >= 11 is 0. The summed E-state index contributed by atoms with van der Waals surface area (Å²) in [5.74, 6) is 0.0304. The van der Waals surface area contributed by atoms with Crippen molar-refractivity contribution >= 4 is 11.9 Å². The maximum atomic E-state index is 11.7. The second-order valence-corrected chi connectivity index (χ2v) is 6.00. The van der Waals surface area contributed by atoms with E-state index < -0.39 is 0 Å². The number of aryl methyl sites for hydroxylation is 2. The number of carbonyl (C=O) groups is 1. The topological polar surface area (TPSA) is 43.1 Å². The van der Waals surface area contributed by atoms with Gasteiger partial charge in [-0.25, -0.2) is 0 Å². The largest absolute Gasteiger partial charge is 0.396 e. The van der Waals surface area contributed by atoms with Crippen LogP contribution in [0.3, 0.4) is 0 Å². The highest BCUT2D eigenvalue weighted by Crippen LogP contribution is 2.28. The Morgan fingerprint density at radius 3 is 2.71 bits per heavy atom. The number of allylic oxidation sites excluding steroid dienone is 1. The number of rotatable bonds is 6. The van der Waals surface area contributed by atoms with Crippen LogP contribution in [-0.2, 0) is 24.1 Å². The number of hydrogen-bond donors (Lipinski definition) is 1. The van der Waals surface area contributed by atoms with Gasteiger partial charge in [0.1, 0.15) is 0 Å². The molecule has 0 saturated carbocycles. The lowest BCUT2D eigenvalue weighted by atomic mass is 9.85. The van der Waals surface area contributed by atoms with Gasteiger partial charge < -0.3 is 5.73 Å². The van der Waals surface area contributed by atoms with E-state index in [1.165, 1.54) is 43.2 Å².